The Bertz CT molecular complexity index is 4930. The van der Waals surface area contributed by atoms with E-state index < -0.39 is 260 Å². The predicted octanol–water partition coefficient (Wildman–Crippen LogP) is -2.34. The Morgan fingerprint density at radius 1 is 0.542 bits per heavy atom. The Hall–Kier alpha value is -12.8. The molecule has 3 saturated heterocycles. The smallest absolute Gasteiger partial charge is 0.305 e. The van der Waals surface area contributed by atoms with E-state index in [9.17, 15) is 78.3 Å². The number of aromatic amines is 2. The number of aromatic nitrogens is 2. The van der Waals surface area contributed by atoms with Gasteiger partial charge in [-0.2, -0.15) is 0 Å². The molecule has 3 aliphatic rings. The molecule has 15 atom stereocenters. The van der Waals surface area contributed by atoms with Crippen molar-refractivity contribution < 1.29 is 112 Å². The SMILES string of the molecule is CCCC[C@H]1C(=O)N(C)[C@@H](CCCC)C(=O)N[C@@H](CCC(=O)O)C(=O)N[C@H](C(=O)NCC(N)=O)CSCC(=O)N[C@@H](Cc2ccc(O)cc2)C(=O)N(C)[C@@H](C)C(=O)N[C@@H](CC(=O)O)C(=O)N2CCC[C@H]2C(=O)N[C@@H](CO)C(=O)N[C@@H](CC(C)C)C(=O)N2C[C@H](O)C[C@H]2C(=O)N[C@@H](Cc2c[nH]c3ccccc23)C(=O)N[C@@H](CCN)C(=O)N[C@@H](Cc2c[nH]c3ccccc23)C(=O)N1C. The summed E-state index contributed by atoms with van der Waals surface area (Å²) in [5.41, 5.74) is 14.3. The quantitative estimate of drug-likeness (QED) is 0.0291. The molecule has 5 heterocycles. The van der Waals surface area contributed by atoms with E-state index in [2.05, 4.69) is 63.1 Å². The third kappa shape index (κ3) is 28.9. The maximum Gasteiger partial charge on any atom is 0.305 e. The third-order valence-corrected chi connectivity index (χ3v) is 24.5. The number of carboxylic acids is 2. The molecule has 0 aliphatic carbocycles. The molecule has 16 amide bonds. The van der Waals surface area contributed by atoms with Crippen molar-refractivity contribution in [3.05, 3.63) is 102 Å². The minimum Gasteiger partial charge on any atom is -0.508 e. The Labute approximate surface area is 760 Å². The van der Waals surface area contributed by atoms with Gasteiger partial charge < -0.3 is 125 Å². The van der Waals surface area contributed by atoms with Crippen molar-refractivity contribution in [1.82, 2.24) is 87.6 Å². The van der Waals surface area contributed by atoms with Gasteiger partial charge in [0.2, 0.25) is 94.5 Å². The Balaban J connectivity index is 1.19. The number of rotatable bonds is 25. The van der Waals surface area contributed by atoms with E-state index in [0.29, 0.717) is 69.5 Å². The lowest BCUT2D eigenvalue weighted by molar-refractivity contribution is -0.149. The number of aromatic hydroxyl groups is 1. The molecule has 43 heteroatoms. The molecular formula is C88H123N19O23S. The fourth-order valence-corrected chi connectivity index (χ4v) is 17.0. The second-order valence-electron chi connectivity index (χ2n) is 33.7. The van der Waals surface area contributed by atoms with Gasteiger partial charge in [0.1, 0.15) is 90.3 Å². The number of benzene rings is 3. The molecule has 42 nitrogen and oxygen atoms in total. The van der Waals surface area contributed by atoms with Gasteiger partial charge in [0.15, 0.2) is 0 Å². The van der Waals surface area contributed by atoms with Crippen LogP contribution in [0.15, 0.2) is 85.2 Å². The van der Waals surface area contributed by atoms with Gasteiger partial charge in [-0.1, -0.05) is 102 Å². The second-order valence-corrected chi connectivity index (χ2v) is 34.7. The van der Waals surface area contributed by atoms with Crippen molar-refractivity contribution in [1.29, 1.82) is 0 Å². The molecule has 5 aromatic rings. The number of likely N-dealkylation sites (N-methyl/N-ethyl adjacent to an activating group) is 3. The van der Waals surface area contributed by atoms with Crippen molar-refractivity contribution in [2.75, 3.05) is 65.4 Å². The number of hydrogen-bond donors (Lipinski definition) is 19. The lowest BCUT2D eigenvalue weighted by Gasteiger charge is -2.36. The number of amides is 16. The maximum atomic E-state index is 15.8. The van der Waals surface area contributed by atoms with Crippen LogP contribution in [0.5, 0.6) is 5.75 Å². The number of H-pyrrole nitrogens is 2. The highest BCUT2D eigenvalue weighted by molar-refractivity contribution is 8.00. The van der Waals surface area contributed by atoms with Crippen molar-refractivity contribution in [3.8, 4) is 5.75 Å². The maximum absolute atomic E-state index is 15.8. The van der Waals surface area contributed by atoms with Gasteiger partial charge in [0, 0.05) is 106 Å². The molecule has 0 saturated carbocycles. The van der Waals surface area contributed by atoms with Gasteiger partial charge in [-0.25, -0.2) is 0 Å². The van der Waals surface area contributed by atoms with Gasteiger partial charge in [0.25, 0.3) is 0 Å². The topological polar surface area (TPSA) is 629 Å². The van der Waals surface area contributed by atoms with Crippen LogP contribution in [0, 0.1) is 5.92 Å². The normalized spacial score (nSPS) is 25.2. The summed E-state index contributed by atoms with van der Waals surface area (Å²) >= 11 is 0.696. The zero-order valence-corrected chi connectivity index (χ0v) is 75.5. The van der Waals surface area contributed by atoms with Crippen molar-refractivity contribution in [2.24, 2.45) is 17.4 Å². The first-order valence-electron chi connectivity index (χ1n) is 43.9. The van der Waals surface area contributed by atoms with Crippen molar-refractivity contribution in [3.63, 3.8) is 0 Å². The average molecular weight is 1850 g/mol. The summed E-state index contributed by atoms with van der Waals surface area (Å²) in [6, 6.07) is -3.07. The Kier molecular flexibility index (Phi) is 39.0. The summed E-state index contributed by atoms with van der Waals surface area (Å²) < 4.78 is 0. The standard InChI is InChI=1S/C88H123N19O23S/c1-9-11-22-67-81(123)96-58(29-30-73(113)114)77(119)102-66(76(118)93-42-71(90)111)45-131-46-72(112)94-62(35-49-25-27-52(109)28-26-49)84(126)103(6)48(5)75(117)98-64(39-74(115)116)86(128)106-33-17-24-68(106)82(124)101-65(44-108)80(122)99-61(34-47(3)4)87(129)107-43-53(110)38-70(107)83(125)97-60(36-50-40-91-56-20-15-13-18-54(50)56)79(121)95-59(31-32-89)78(120)100-63(37-51-41-92-57-21-16-14-19-55(51)57)85(127)105(8)69(23-12-10-2)88(130)104(67)7/h13-16,18-21,25-28,40-41,47-48,53,58-70,91-92,108-110H,9-12,17,22-24,29-39,42-46,89H2,1-8H3,(H2,90,111)(H,93,118)(H,94,112)(H,95,121)(H,96,123)(H,97,125)(H,98,117)(H,99,122)(H,100,120)(H,101,124)(H,102,119)(H,113,114)(H,115,116)/t48-,53+,58-,59-,60-,61-,62-,63-,64-,65-,66-,67-,68-,69-,70-/m0/s1. The van der Waals surface area contributed by atoms with Crippen LogP contribution in [-0.2, 0) is 106 Å². The van der Waals surface area contributed by atoms with Gasteiger partial charge in [-0.15, -0.1) is 11.8 Å². The number of aliphatic hydroxyl groups excluding tert-OH is 2. The number of thioether (sulfide) groups is 1. The molecule has 714 valence electrons. The van der Waals surface area contributed by atoms with Gasteiger partial charge in [-0.05, 0) is 105 Å². The summed E-state index contributed by atoms with van der Waals surface area (Å²) in [6.45, 7) is 5.45. The van der Waals surface area contributed by atoms with E-state index in [-0.39, 0.29) is 83.0 Å². The third-order valence-electron chi connectivity index (χ3n) is 23.4. The van der Waals surface area contributed by atoms with Crippen LogP contribution >= 0.6 is 11.8 Å². The first-order valence-corrected chi connectivity index (χ1v) is 45.0. The van der Waals surface area contributed by atoms with E-state index in [1.807, 2.05) is 6.92 Å². The van der Waals surface area contributed by atoms with E-state index in [4.69, 9.17) is 11.5 Å². The van der Waals surface area contributed by atoms with Crippen LogP contribution in [0.4, 0.5) is 0 Å². The largest absolute Gasteiger partial charge is 0.508 e. The van der Waals surface area contributed by atoms with Crippen LogP contribution in [-0.4, -0.2) is 323 Å². The van der Waals surface area contributed by atoms with E-state index in [1.165, 1.54) is 45.3 Å². The highest BCUT2D eigenvalue weighted by Gasteiger charge is 2.47. The highest BCUT2D eigenvalue weighted by atomic mass is 32.2. The second kappa shape index (κ2) is 49.3. The molecule has 2 aromatic heterocycles. The van der Waals surface area contributed by atoms with Gasteiger partial charge in [0.05, 0.1) is 31.4 Å². The number of phenols is 1. The van der Waals surface area contributed by atoms with Crippen LogP contribution in [0.2, 0.25) is 0 Å². The zero-order valence-electron chi connectivity index (χ0n) is 74.7. The molecule has 3 aromatic carbocycles. The fourth-order valence-electron chi connectivity index (χ4n) is 16.1. The number of nitrogens with two attached hydrogens (primary N) is 2. The van der Waals surface area contributed by atoms with E-state index in [0.717, 1.165) is 31.5 Å². The van der Waals surface area contributed by atoms with Crippen molar-refractivity contribution in [2.45, 2.75) is 234 Å². The minimum absolute atomic E-state index is 0.0267. The molecule has 3 fully saturated rings. The number of aliphatic hydroxyl groups is 2. The summed E-state index contributed by atoms with van der Waals surface area (Å²) in [6.07, 6.45) is -0.802. The average Bonchev–Trinajstić information content (AvgIpc) is 1.50. The van der Waals surface area contributed by atoms with Crippen LogP contribution in [0.25, 0.3) is 21.8 Å². The summed E-state index contributed by atoms with van der Waals surface area (Å²) in [7, 11) is 3.80. The number of carbonyl (C=O) groups excluding carboxylic acids is 16. The number of hydrogen-bond acceptors (Lipinski definition) is 23. The van der Waals surface area contributed by atoms with Gasteiger partial charge in [-0.3, -0.25) is 86.3 Å². The number of phenolic OH excluding ortho intramolecular Hbond substituents is 1. The van der Waals surface area contributed by atoms with Crippen LogP contribution < -0.4 is 64.6 Å². The molecule has 8 rings (SSSR count). The Morgan fingerprint density at radius 3 is 1.65 bits per heavy atom. The Morgan fingerprint density at radius 2 is 1.05 bits per heavy atom. The van der Waals surface area contributed by atoms with E-state index >= 15 is 33.6 Å². The lowest BCUT2D eigenvalue weighted by atomic mass is 9.99. The monoisotopic (exact) mass is 1850 g/mol. The number of aliphatic carboxylic acids is 2. The number of primary amides is 1. The van der Waals surface area contributed by atoms with Crippen LogP contribution in [0.1, 0.15) is 141 Å². The summed E-state index contributed by atoms with van der Waals surface area (Å²) in [5, 5.41) is 79.4. The fraction of sp³-hybridized carbons (Fsp3) is 0.545. The molecule has 131 heavy (non-hydrogen) atoms. The van der Waals surface area contributed by atoms with Crippen LogP contribution in [0.3, 0.4) is 0 Å². The minimum atomic E-state index is -1.93. The molecular weight excluding hydrogens is 1720 g/mol. The molecule has 0 bridgehead atoms. The number of nitrogens with zero attached hydrogens (tertiary/aromatic N) is 5. The summed E-state index contributed by atoms with van der Waals surface area (Å²) in [5.74, 6) is -20.6. The molecule has 0 unspecified atom stereocenters. The number of fused-ring (bicyclic) bond motifs is 4. The van der Waals surface area contributed by atoms with E-state index in [1.54, 1.807) is 81.7 Å². The molecule has 0 spiro atoms. The number of carbonyl (C=O) groups is 18. The molecule has 0 radical (unpaired) electrons. The highest BCUT2D eigenvalue weighted by Crippen LogP contribution is 2.28. The number of carboxylic acid groups (broad SMARTS) is 2. The number of nitrogens with one attached hydrogen (secondary N) is 12. The predicted molar refractivity (Wildman–Crippen MR) is 477 cm³/mol. The summed E-state index contributed by atoms with van der Waals surface area (Å²) in [4.78, 5) is 271. The number of unbranched alkanes of at least 4 members (excludes halogenated alkanes) is 2. The number of para-hydroxylation sites is 2. The first-order chi connectivity index (χ1) is 62.3. The zero-order chi connectivity index (χ0) is 96.2. The van der Waals surface area contributed by atoms with Gasteiger partial charge >= 0.3 is 11.9 Å². The van der Waals surface area contributed by atoms with Crippen molar-refractivity contribution >= 4 is 140 Å². The first kappa shape index (κ1) is 104. The lowest BCUT2D eigenvalue weighted by Crippen LogP contribution is -2.61. The molecule has 21 N–H and O–H groups in total. The molecule has 3 aliphatic heterocycles.